The summed E-state index contributed by atoms with van der Waals surface area (Å²) in [5.74, 6) is -49.2. The number of aromatic amines is 1. The molecule has 1 heterocycles. The third-order valence-corrected chi connectivity index (χ3v) is 3.12. The predicted octanol–water partition coefficient (Wildman–Crippen LogP) is 5.24. The normalized spacial score (nSPS) is 16.0. The van der Waals surface area contributed by atoms with Crippen molar-refractivity contribution in [2.75, 3.05) is 0 Å². The molecule has 0 aliphatic carbocycles. The second kappa shape index (κ2) is 5.83. The molecule has 0 radical (unpaired) electrons. The summed E-state index contributed by atoms with van der Waals surface area (Å²) in [5, 5.41) is 0. The summed E-state index contributed by atoms with van der Waals surface area (Å²) in [6, 6.07) is 0. The summed E-state index contributed by atoms with van der Waals surface area (Å²) >= 11 is 0. The van der Waals surface area contributed by atoms with E-state index >= 15 is 0 Å². The van der Waals surface area contributed by atoms with Gasteiger partial charge in [-0.05, 0) is 0 Å². The van der Waals surface area contributed by atoms with Crippen LogP contribution in [-0.4, -0.2) is 45.8 Å². The van der Waals surface area contributed by atoms with Crippen LogP contribution < -0.4 is 0 Å². The molecule has 0 unspecified atom stereocenters. The lowest BCUT2D eigenvalue weighted by atomic mass is 9.91. The van der Waals surface area contributed by atoms with Gasteiger partial charge in [-0.1, -0.05) is 0 Å². The van der Waals surface area contributed by atoms with Crippen molar-refractivity contribution in [1.82, 2.24) is 9.97 Å². The number of nitrogens with zero attached hydrogens (tertiary/aromatic N) is 1. The van der Waals surface area contributed by atoms with Gasteiger partial charge in [0, 0.05) is 12.4 Å². The Morgan fingerprint density at radius 2 is 0.926 bits per heavy atom. The number of alkyl halides is 15. The van der Waals surface area contributed by atoms with Crippen LogP contribution in [0, 0.1) is 0 Å². The highest BCUT2D eigenvalue weighted by Gasteiger charge is 2.93. The van der Waals surface area contributed by atoms with Crippen LogP contribution >= 0.6 is 0 Å². The molecule has 1 N–H and O–H groups in total. The molecule has 0 saturated heterocycles. The quantitative estimate of drug-likeness (QED) is 0.608. The zero-order valence-corrected chi connectivity index (χ0v) is 11.8. The fourth-order valence-corrected chi connectivity index (χ4v) is 1.55. The Labute approximate surface area is 137 Å². The Morgan fingerprint density at radius 1 is 0.556 bits per heavy atom. The lowest BCUT2D eigenvalue weighted by molar-refractivity contribution is -0.454. The molecule has 2 nitrogen and oxygen atoms in total. The Morgan fingerprint density at radius 3 is 1.26 bits per heavy atom. The molecule has 0 atom stereocenters. The van der Waals surface area contributed by atoms with Gasteiger partial charge in [-0.3, -0.25) is 0 Å². The first kappa shape index (κ1) is 23.2. The first-order valence-electron chi connectivity index (χ1n) is 5.94. The van der Waals surface area contributed by atoms with Crippen molar-refractivity contribution in [3.63, 3.8) is 0 Å². The molecule has 0 spiro atoms. The van der Waals surface area contributed by atoms with E-state index in [1.54, 1.807) is 0 Å². The Hall–Kier alpha value is -1.84. The number of aromatic nitrogens is 2. The largest absolute Gasteiger partial charge is 0.460 e. The fraction of sp³-hybridized carbons (Fsp3) is 0.700. The number of imidazole rings is 1. The molecule has 0 saturated carbocycles. The van der Waals surface area contributed by atoms with E-state index in [4.69, 9.17) is 0 Å². The zero-order valence-electron chi connectivity index (χ0n) is 11.8. The van der Waals surface area contributed by atoms with Crippen LogP contribution in [0.15, 0.2) is 12.4 Å². The summed E-state index contributed by atoms with van der Waals surface area (Å²) < 4.78 is 193. The van der Waals surface area contributed by atoms with Crippen LogP contribution in [0.5, 0.6) is 0 Å². The predicted molar refractivity (Wildman–Crippen MR) is 53.3 cm³/mol. The van der Waals surface area contributed by atoms with Gasteiger partial charge in [0.15, 0.2) is 5.82 Å². The van der Waals surface area contributed by atoms with Gasteiger partial charge >= 0.3 is 41.7 Å². The molecule has 0 aliphatic rings. The van der Waals surface area contributed by atoms with Gasteiger partial charge in [0.1, 0.15) is 0 Å². The van der Waals surface area contributed by atoms with Crippen molar-refractivity contribution in [1.29, 1.82) is 0 Å². The van der Waals surface area contributed by atoms with Crippen molar-refractivity contribution >= 4 is 0 Å². The van der Waals surface area contributed by atoms with Gasteiger partial charge in [0.05, 0.1) is 0 Å². The topological polar surface area (TPSA) is 28.7 Å². The van der Waals surface area contributed by atoms with Crippen molar-refractivity contribution in [2.24, 2.45) is 0 Å². The number of hydrogen-bond acceptors (Lipinski definition) is 1. The van der Waals surface area contributed by atoms with E-state index in [1.807, 2.05) is 0 Å². The van der Waals surface area contributed by atoms with Gasteiger partial charge < -0.3 is 4.98 Å². The molecule has 27 heavy (non-hydrogen) atoms. The standard InChI is InChI=1S/C10H3F15N2/c11-4(12,3-26-1-2-27-3)5(13,14)6(15,16)7(17,18)8(19,20)9(21,22)10(23,24)25/h1-2H,(H,26,27). The molecule has 0 fully saturated rings. The maximum Gasteiger partial charge on any atom is 0.460 e. The number of H-pyrrole nitrogens is 1. The van der Waals surface area contributed by atoms with Crippen LogP contribution in [0.3, 0.4) is 0 Å². The Bertz CT molecular complexity index is 657. The molecule has 0 aliphatic heterocycles. The van der Waals surface area contributed by atoms with Crippen LogP contribution in [0.2, 0.25) is 0 Å². The number of halogens is 15. The van der Waals surface area contributed by atoms with Gasteiger partial charge in [-0.15, -0.1) is 0 Å². The summed E-state index contributed by atoms with van der Waals surface area (Å²) in [6.45, 7) is 0. The van der Waals surface area contributed by atoms with E-state index in [2.05, 4.69) is 4.98 Å². The molecule has 17 heteroatoms. The molecule has 1 aromatic heterocycles. The maximum absolute atomic E-state index is 13.4. The van der Waals surface area contributed by atoms with E-state index in [0.29, 0.717) is 0 Å². The van der Waals surface area contributed by atoms with Gasteiger partial charge in [0.25, 0.3) is 0 Å². The molecule has 1 rings (SSSR count). The fourth-order valence-electron chi connectivity index (χ4n) is 1.55. The number of rotatable bonds is 6. The van der Waals surface area contributed by atoms with E-state index in [9.17, 15) is 65.9 Å². The first-order valence-corrected chi connectivity index (χ1v) is 5.94. The average molecular weight is 436 g/mol. The summed E-state index contributed by atoms with van der Waals surface area (Å²) in [6.07, 6.45) is -7.13. The van der Waals surface area contributed by atoms with Gasteiger partial charge in [-0.25, -0.2) is 4.98 Å². The molecule has 0 bridgehead atoms. The smallest absolute Gasteiger partial charge is 0.343 e. The second-order valence-corrected chi connectivity index (χ2v) is 4.88. The highest BCUT2D eigenvalue weighted by atomic mass is 19.4. The van der Waals surface area contributed by atoms with Crippen molar-refractivity contribution in [3.05, 3.63) is 18.2 Å². The maximum atomic E-state index is 13.4. The molecule has 0 aromatic carbocycles. The number of nitrogens with one attached hydrogen (secondary N) is 1. The van der Waals surface area contributed by atoms with Crippen molar-refractivity contribution in [2.45, 2.75) is 41.7 Å². The lowest BCUT2D eigenvalue weighted by Crippen LogP contribution is -2.72. The minimum Gasteiger partial charge on any atom is -0.343 e. The molecule has 158 valence electrons. The molecular formula is C10H3F15N2. The summed E-state index contributed by atoms with van der Waals surface area (Å²) in [7, 11) is 0. The molecular weight excluding hydrogens is 433 g/mol. The van der Waals surface area contributed by atoms with Crippen LogP contribution in [0.4, 0.5) is 65.9 Å². The number of hydrogen-bond donors (Lipinski definition) is 1. The highest BCUT2D eigenvalue weighted by Crippen LogP contribution is 2.63. The molecule has 1 aromatic rings. The summed E-state index contributed by atoms with van der Waals surface area (Å²) in [5.41, 5.74) is 0. The van der Waals surface area contributed by atoms with Crippen LogP contribution in [0.25, 0.3) is 0 Å². The third kappa shape index (κ3) is 2.79. The summed E-state index contributed by atoms with van der Waals surface area (Å²) in [4.78, 5) is 3.39. The zero-order chi connectivity index (χ0) is 21.9. The minimum absolute atomic E-state index is 0.210. The van der Waals surface area contributed by atoms with E-state index in [1.165, 1.54) is 0 Å². The monoisotopic (exact) mass is 436 g/mol. The van der Waals surface area contributed by atoms with E-state index < -0.39 is 47.5 Å². The van der Waals surface area contributed by atoms with Crippen molar-refractivity contribution < 1.29 is 65.9 Å². The average Bonchev–Trinajstić information content (AvgIpc) is 2.99. The lowest BCUT2D eigenvalue weighted by Gasteiger charge is -2.41. The van der Waals surface area contributed by atoms with E-state index in [-0.39, 0.29) is 12.4 Å². The van der Waals surface area contributed by atoms with Crippen LogP contribution in [0.1, 0.15) is 5.82 Å². The van der Waals surface area contributed by atoms with Crippen LogP contribution in [-0.2, 0) is 5.92 Å². The van der Waals surface area contributed by atoms with Crippen molar-refractivity contribution in [3.8, 4) is 0 Å². The minimum atomic E-state index is -8.29. The van der Waals surface area contributed by atoms with Gasteiger partial charge in [0.2, 0.25) is 0 Å². The second-order valence-electron chi connectivity index (χ2n) is 4.88. The Kier molecular flexibility index (Phi) is 5.01. The van der Waals surface area contributed by atoms with E-state index in [0.717, 1.165) is 4.98 Å². The highest BCUT2D eigenvalue weighted by molar-refractivity contribution is 5.16. The first-order chi connectivity index (χ1) is 11.6. The van der Waals surface area contributed by atoms with Gasteiger partial charge in [-0.2, -0.15) is 65.9 Å². The SMILES string of the molecule is FC(F)(F)C(F)(F)C(F)(F)C(F)(F)C(F)(F)C(F)(F)C(F)(F)c1ncc[nH]1. The molecule has 0 amide bonds. The Balaban J connectivity index is 3.60. The third-order valence-electron chi connectivity index (χ3n) is 3.12.